The molecule has 1 aliphatic heterocycles. The molecule has 6 nitrogen and oxygen atoms in total. The third-order valence-electron chi connectivity index (χ3n) is 3.81. The van der Waals surface area contributed by atoms with Gasteiger partial charge in [-0.3, -0.25) is 0 Å². The van der Waals surface area contributed by atoms with Gasteiger partial charge in [-0.05, 0) is 52.0 Å². The second kappa shape index (κ2) is 6.81. The number of esters is 1. The van der Waals surface area contributed by atoms with Crippen LogP contribution in [0.3, 0.4) is 0 Å². The Bertz CT molecular complexity index is 617. The highest BCUT2D eigenvalue weighted by Gasteiger charge is 2.51. The summed E-state index contributed by atoms with van der Waals surface area (Å²) in [7, 11) is 2.95. The molecule has 0 N–H and O–H groups in total. The first-order valence-corrected chi connectivity index (χ1v) is 7.85. The van der Waals surface area contributed by atoms with Crippen LogP contribution in [0.2, 0.25) is 0 Å². The molecule has 1 aromatic carbocycles. The van der Waals surface area contributed by atoms with E-state index in [1.807, 2.05) is 52.0 Å². The first-order chi connectivity index (χ1) is 11.2. The van der Waals surface area contributed by atoms with Crippen LogP contribution in [0.4, 0.5) is 0 Å². The molecule has 0 amide bonds. The molecule has 1 aromatic rings. The van der Waals surface area contributed by atoms with E-state index in [4.69, 9.17) is 18.9 Å². The quantitative estimate of drug-likeness (QED) is 0.774. The zero-order chi connectivity index (χ0) is 18.0. The van der Waals surface area contributed by atoms with E-state index in [1.54, 1.807) is 7.11 Å². The van der Waals surface area contributed by atoms with E-state index < -0.39 is 23.2 Å². The lowest BCUT2D eigenvalue weighted by Crippen LogP contribution is -2.52. The van der Waals surface area contributed by atoms with Gasteiger partial charge in [0.05, 0.1) is 25.9 Å². The number of methoxy groups -OCH3 is 2. The number of carbonyl (C=O) groups excluding carboxylic acids is 1. The number of hydrogen-bond donors (Lipinski definition) is 0. The highest BCUT2D eigenvalue weighted by Crippen LogP contribution is 2.31. The molecular weight excluding hydrogens is 310 g/mol. The Hall–Kier alpha value is -2.08. The fourth-order valence-electron chi connectivity index (χ4n) is 2.59. The van der Waals surface area contributed by atoms with Crippen molar-refractivity contribution < 1.29 is 23.7 Å². The van der Waals surface area contributed by atoms with Crippen molar-refractivity contribution in [2.45, 2.75) is 44.9 Å². The molecule has 1 heterocycles. The number of ether oxygens (including phenoxy) is 4. The number of aliphatic imine (C=N–C) groups is 1. The molecule has 0 aliphatic carbocycles. The van der Waals surface area contributed by atoms with Crippen molar-refractivity contribution in [2.24, 2.45) is 4.99 Å². The molecule has 2 rings (SSSR count). The van der Waals surface area contributed by atoms with Crippen molar-refractivity contribution in [2.75, 3.05) is 20.8 Å². The van der Waals surface area contributed by atoms with Crippen LogP contribution in [0.15, 0.2) is 29.3 Å². The number of hydrogen-bond acceptors (Lipinski definition) is 6. The number of nitrogens with zero attached hydrogens (tertiary/aromatic N) is 1. The van der Waals surface area contributed by atoms with Gasteiger partial charge in [0.25, 0.3) is 0 Å². The van der Waals surface area contributed by atoms with E-state index >= 15 is 0 Å². The maximum Gasteiger partial charge on any atom is 0.340 e. The first-order valence-electron chi connectivity index (χ1n) is 7.85. The lowest BCUT2D eigenvalue weighted by atomic mass is 9.94. The average Bonchev–Trinajstić information content (AvgIpc) is 2.99. The molecule has 0 saturated heterocycles. The Morgan fingerprint density at radius 2 is 1.88 bits per heavy atom. The maximum absolute atomic E-state index is 12.4. The number of carbonyl (C=O) groups is 1. The van der Waals surface area contributed by atoms with E-state index in [2.05, 4.69) is 4.99 Å². The van der Waals surface area contributed by atoms with Gasteiger partial charge in [-0.2, -0.15) is 0 Å². The minimum Gasteiger partial charge on any atom is -0.497 e. The summed E-state index contributed by atoms with van der Waals surface area (Å²) in [6.45, 7) is 7.68. The third-order valence-corrected chi connectivity index (χ3v) is 3.81. The molecule has 1 aliphatic rings. The summed E-state index contributed by atoms with van der Waals surface area (Å²) in [6, 6.07) is 7.30. The Labute approximate surface area is 142 Å². The van der Waals surface area contributed by atoms with Crippen molar-refractivity contribution in [3.05, 3.63) is 29.8 Å². The van der Waals surface area contributed by atoms with E-state index in [-0.39, 0.29) is 6.61 Å². The summed E-state index contributed by atoms with van der Waals surface area (Å²) in [6.07, 6.45) is -0.499. The summed E-state index contributed by atoms with van der Waals surface area (Å²) in [5.74, 6) is 0.663. The van der Waals surface area contributed by atoms with E-state index in [1.165, 1.54) is 7.11 Å². The minimum absolute atomic E-state index is 0.0816. The molecule has 0 fully saturated rings. The molecule has 0 aromatic heterocycles. The lowest BCUT2D eigenvalue weighted by molar-refractivity contribution is -0.159. The Morgan fingerprint density at radius 1 is 1.25 bits per heavy atom. The number of rotatable bonds is 5. The van der Waals surface area contributed by atoms with Crippen LogP contribution in [0.1, 0.15) is 33.3 Å². The predicted molar refractivity (Wildman–Crippen MR) is 90.5 cm³/mol. The summed E-state index contributed by atoms with van der Waals surface area (Å²) in [5, 5.41) is 0. The highest BCUT2D eigenvalue weighted by molar-refractivity contribution is 5.99. The normalized spacial score (nSPS) is 21.7. The molecule has 0 saturated carbocycles. The van der Waals surface area contributed by atoms with Crippen molar-refractivity contribution >= 4 is 11.9 Å². The molecular formula is C18H25NO5. The molecule has 6 heteroatoms. The van der Waals surface area contributed by atoms with Crippen LogP contribution in [-0.4, -0.2) is 49.9 Å². The smallest absolute Gasteiger partial charge is 0.340 e. The van der Waals surface area contributed by atoms with Crippen LogP contribution < -0.4 is 4.74 Å². The molecule has 132 valence electrons. The fraction of sp³-hybridized carbons (Fsp3) is 0.556. The summed E-state index contributed by atoms with van der Waals surface area (Å²) in [5.41, 5.74) is -0.861. The zero-order valence-corrected chi connectivity index (χ0v) is 15.1. The minimum atomic E-state index is -1.21. The molecule has 0 spiro atoms. The summed E-state index contributed by atoms with van der Waals surface area (Å²) in [4.78, 5) is 17.0. The van der Waals surface area contributed by atoms with Gasteiger partial charge in [-0.25, -0.2) is 9.79 Å². The Balaban J connectivity index is 2.35. The second-order valence-electron chi connectivity index (χ2n) is 6.72. The van der Waals surface area contributed by atoms with Crippen LogP contribution in [0.5, 0.6) is 5.75 Å². The van der Waals surface area contributed by atoms with E-state index in [0.717, 1.165) is 11.3 Å². The third kappa shape index (κ3) is 3.70. The van der Waals surface area contributed by atoms with Crippen molar-refractivity contribution in [3.8, 4) is 5.75 Å². The van der Waals surface area contributed by atoms with Crippen LogP contribution >= 0.6 is 0 Å². The van der Waals surface area contributed by atoms with Gasteiger partial charge in [-0.1, -0.05) is 0 Å². The monoisotopic (exact) mass is 335 g/mol. The van der Waals surface area contributed by atoms with Crippen molar-refractivity contribution in [3.63, 3.8) is 0 Å². The van der Waals surface area contributed by atoms with E-state index in [0.29, 0.717) is 5.90 Å². The molecule has 0 radical (unpaired) electrons. The van der Waals surface area contributed by atoms with Crippen LogP contribution in [0.25, 0.3) is 0 Å². The zero-order valence-electron chi connectivity index (χ0n) is 15.1. The molecule has 24 heavy (non-hydrogen) atoms. The fourth-order valence-corrected chi connectivity index (χ4v) is 2.59. The average molecular weight is 335 g/mol. The Morgan fingerprint density at radius 3 is 2.38 bits per heavy atom. The van der Waals surface area contributed by atoms with Gasteiger partial charge < -0.3 is 18.9 Å². The van der Waals surface area contributed by atoms with Crippen LogP contribution in [0, 0.1) is 0 Å². The topological polar surface area (TPSA) is 66.4 Å². The summed E-state index contributed by atoms with van der Waals surface area (Å²) >= 11 is 0. The molecule has 0 unspecified atom stereocenters. The SMILES string of the molecule is COC(=O)[C@]1([C@@H](C)OC(C)(C)C)COC(c2ccc(OC)cc2)=N1. The first kappa shape index (κ1) is 18.3. The van der Waals surface area contributed by atoms with Gasteiger partial charge in [-0.15, -0.1) is 0 Å². The second-order valence-corrected chi connectivity index (χ2v) is 6.72. The molecule has 2 atom stereocenters. The molecule has 0 bridgehead atoms. The van der Waals surface area contributed by atoms with Gasteiger partial charge in [0.2, 0.25) is 11.4 Å². The van der Waals surface area contributed by atoms with E-state index in [9.17, 15) is 4.79 Å². The van der Waals surface area contributed by atoms with Gasteiger partial charge in [0, 0.05) is 5.56 Å². The lowest BCUT2D eigenvalue weighted by Gasteiger charge is -2.33. The van der Waals surface area contributed by atoms with Crippen molar-refractivity contribution in [1.29, 1.82) is 0 Å². The standard InChI is InChI=1S/C18H25NO5/c1-12(24-17(2,3)4)18(16(20)22-6)11-23-15(19-18)13-7-9-14(21-5)10-8-13/h7-10,12H,11H2,1-6H3/t12-,18-/m1/s1. The maximum atomic E-state index is 12.4. The van der Waals surface area contributed by atoms with Crippen LogP contribution in [-0.2, 0) is 19.0 Å². The predicted octanol–water partition coefficient (Wildman–Crippen LogP) is 2.59. The highest BCUT2D eigenvalue weighted by atomic mass is 16.6. The van der Waals surface area contributed by atoms with Crippen molar-refractivity contribution in [1.82, 2.24) is 0 Å². The largest absolute Gasteiger partial charge is 0.497 e. The Kier molecular flexibility index (Phi) is 5.18. The van der Waals surface area contributed by atoms with Gasteiger partial charge in [0.1, 0.15) is 12.4 Å². The van der Waals surface area contributed by atoms with Gasteiger partial charge in [0.15, 0.2) is 0 Å². The summed E-state index contributed by atoms with van der Waals surface area (Å²) < 4.78 is 21.8. The van der Waals surface area contributed by atoms with Gasteiger partial charge >= 0.3 is 5.97 Å². The number of benzene rings is 1.